The number of nitrogens with zero attached hydrogens (tertiary/aromatic N) is 3. The third-order valence-electron chi connectivity index (χ3n) is 9.65. The van der Waals surface area contributed by atoms with E-state index in [1.54, 1.807) is 0 Å². The molecule has 5 heteroatoms. The second-order valence-electron chi connectivity index (χ2n) is 12.7. The van der Waals surface area contributed by atoms with Crippen molar-refractivity contribution in [3.63, 3.8) is 0 Å². The fraction of sp³-hybridized carbons (Fsp3) is 0.0222. The van der Waals surface area contributed by atoms with Gasteiger partial charge in [0, 0.05) is 50.0 Å². The van der Waals surface area contributed by atoms with Crippen LogP contribution in [0.4, 0.5) is 0 Å². The molecule has 0 aliphatic carbocycles. The number of aromatic nitrogens is 1. The van der Waals surface area contributed by atoms with Gasteiger partial charge in [0.25, 0.3) is 0 Å². The summed E-state index contributed by atoms with van der Waals surface area (Å²) in [6.07, 6.45) is -0.446. The first-order valence-corrected chi connectivity index (χ1v) is 16.9. The highest BCUT2D eigenvalue weighted by atomic mass is 16.3. The first-order chi connectivity index (χ1) is 24.8. The summed E-state index contributed by atoms with van der Waals surface area (Å²) in [4.78, 5) is 10.3. The van der Waals surface area contributed by atoms with Crippen LogP contribution >= 0.6 is 0 Å². The minimum Gasteiger partial charge on any atom is -0.456 e. The number of hydrogen-bond acceptors (Lipinski definition) is 4. The molecular weight excluding hydrogens is 613 g/mol. The Morgan fingerprint density at radius 1 is 0.440 bits per heavy atom. The van der Waals surface area contributed by atoms with Gasteiger partial charge in [0.05, 0.1) is 11.0 Å². The van der Waals surface area contributed by atoms with Crippen molar-refractivity contribution < 1.29 is 4.42 Å². The van der Waals surface area contributed by atoms with E-state index in [4.69, 9.17) is 14.4 Å². The van der Waals surface area contributed by atoms with Gasteiger partial charge in [0.1, 0.15) is 22.8 Å². The third-order valence-corrected chi connectivity index (χ3v) is 9.65. The summed E-state index contributed by atoms with van der Waals surface area (Å²) >= 11 is 0. The van der Waals surface area contributed by atoms with Crippen LogP contribution in [0.25, 0.3) is 60.6 Å². The molecule has 3 heterocycles. The van der Waals surface area contributed by atoms with Crippen molar-refractivity contribution in [1.29, 1.82) is 0 Å². The monoisotopic (exact) mass is 642 g/mol. The molecule has 5 nitrogen and oxygen atoms in total. The second kappa shape index (κ2) is 11.5. The van der Waals surface area contributed by atoms with E-state index in [1.807, 2.05) is 24.3 Å². The highest BCUT2D eigenvalue weighted by molar-refractivity contribution is 6.18. The summed E-state index contributed by atoms with van der Waals surface area (Å²) in [6, 6.07) is 59.1. The molecule has 1 aliphatic heterocycles. The molecule has 1 N–H and O–H groups in total. The molecule has 9 aromatic rings. The quantitative estimate of drug-likeness (QED) is 0.203. The number of fused-ring (bicyclic) bond motifs is 6. The van der Waals surface area contributed by atoms with Crippen molar-refractivity contribution in [2.75, 3.05) is 0 Å². The van der Waals surface area contributed by atoms with Gasteiger partial charge in [0.15, 0.2) is 6.17 Å². The predicted molar refractivity (Wildman–Crippen MR) is 205 cm³/mol. The van der Waals surface area contributed by atoms with Crippen LogP contribution in [0.2, 0.25) is 0 Å². The number of para-hydroxylation sites is 2. The highest BCUT2D eigenvalue weighted by Crippen LogP contribution is 2.39. The fourth-order valence-corrected chi connectivity index (χ4v) is 7.21. The minimum absolute atomic E-state index is 0.446. The summed E-state index contributed by atoms with van der Waals surface area (Å²) in [6.45, 7) is 0. The number of nitrogens with one attached hydrogen (secondary N) is 1. The largest absolute Gasteiger partial charge is 0.456 e. The topological polar surface area (TPSA) is 54.8 Å². The van der Waals surface area contributed by atoms with E-state index >= 15 is 0 Å². The van der Waals surface area contributed by atoms with Crippen LogP contribution in [0.1, 0.15) is 22.9 Å². The first-order valence-electron chi connectivity index (χ1n) is 16.9. The van der Waals surface area contributed by atoms with Crippen LogP contribution in [0.5, 0.6) is 0 Å². The molecule has 0 radical (unpaired) electrons. The lowest BCUT2D eigenvalue weighted by Gasteiger charge is -2.22. The van der Waals surface area contributed by atoms with Crippen LogP contribution in [0.15, 0.2) is 184 Å². The summed E-state index contributed by atoms with van der Waals surface area (Å²) in [5.41, 5.74) is 10.4. The van der Waals surface area contributed by atoms with Crippen molar-refractivity contribution in [2.24, 2.45) is 9.98 Å². The first kappa shape index (κ1) is 28.3. The van der Waals surface area contributed by atoms with Crippen molar-refractivity contribution in [2.45, 2.75) is 6.17 Å². The fourth-order valence-electron chi connectivity index (χ4n) is 7.21. The molecule has 236 valence electrons. The molecule has 10 rings (SSSR count). The van der Waals surface area contributed by atoms with Gasteiger partial charge >= 0.3 is 0 Å². The van der Waals surface area contributed by atoms with E-state index < -0.39 is 6.17 Å². The average Bonchev–Trinajstić information content (AvgIpc) is 3.72. The molecule has 2 aromatic heterocycles. The van der Waals surface area contributed by atoms with E-state index in [-0.39, 0.29) is 0 Å². The van der Waals surface area contributed by atoms with Crippen LogP contribution in [-0.2, 0) is 0 Å². The van der Waals surface area contributed by atoms with Gasteiger partial charge in [-0.3, -0.25) is 0 Å². The molecule has 0 saturated heterocycles. The van der Waals surface area contributed by atoms with Crippen LogP contribution < -0.4 is 5.32 Å². The van der Waals surface area contributed by atoms with Crippen LogP contribution in [0, 0.1) is 0 Å². The van der Waals surface area contributed by atoms with Crippen LogP contribution in [-0.4, -0.2) is 16.2 Å². The maximum absolute atomic E-state index is 6.63. The molecule has 0 spiro atoms. The molecule has 50 heavy (non-hydrogen) atoms. The molecule has 0 bridgehead atoms. The lowest BCUT2D eigenvalue weighted by atomic mass is 10.0. The maximum atomic E-state index is 6.63. The van der Waals surface area contributed by atoms with E-state index in [0.29, 0.717) is 0 Å². The number of rotatable bonds is 5. The highest BCUT2D eigenvalue weighted by Gasteiger charge is 2.22. The van der Waals surface area contributed by atoms with Crippen molar-refractivity contribution in [3.05, 3.63) is 187 Å². The van der Waals surface area contributed by atoms with Gasteiger partial charge in [-0.25, -0.2) is 9.98 Å². The van der Waals surface area contributed by atoms with E-state index in [0.717, 1.165) is 67.1 Å². The van der Waals surface area contributed by atoms with Crippen molar-refractivity contribution >= 4 is 55.4 Å². The molecule has 1 atom stereocenters. The maximum Gasteiger partial charge on any atom is 0.169 e. The lowest BCUT2D eigenvalue weighted by molar-refractivity contribution is 0.666. The average molecular weight is 643 g/mol. The van der Waals surface area contributed by atoms with Crippen molar-refractivity contribution in [1.82, 2.24) is 9.88 Å². The van der Waals surface area contributed by atoms with Gasteiger partial charge in [-0.1, -0.05) is 133 Å². The molecule has 1 aliphatic rings. The number of hydrogen-bond donors (Lipinski definition) is 1. The minimum atomic E-state index is -0.446. The number of benzene rings is 7. The Morgan fingerprint density at radius 2 is 1.02 bits per heavy atom. The predicted octanol–water partition coefficient (Wildman–Crippen LogP) is 10.8. The van der Waals surface area contributed by atoms with Crippen LogP contribution in [0.3, 0.4) is 0 Å². The normalized spacial score (nSPS) is 14.6. The second-order valence-corrected chi connectivity index (χ2v) is 12.7. The van der Waals surface area contributed by atoms with Gasteiger partial charge < -0.3 is 14.3 Å². The Labute approximate surface area is 288 Å². The van der Waals surface area contributed by atoms with E-state index in [2.05, 4.69) is 155 Å². The Kier molecular flexibility index (Phi) is 6.49. The van der Waals surface area contributed by atoms with Crippen molar-refractivity contribution in [3.8, 4) is 16.8 Å². The zero-order valence-electron chi connectivity index (χ0n) is 27.0. The molecule has 1 unspecified atom stereocenters. The van der Waals surface area contributed by atoms with Gasteiger partial charge in [-0.15, -0.1) is 0 Å². The van der Waals surface area contributed by atoms with E-state index in [9.17, 15) is 0 Å². The van der Waals surface area contributed by atoms with Gasteiger partial charge in [-0.2, -0.15) is 0 Å². The summed E-state index contributed by atoms with van der Waals surface area (Å²) in [5.74, 6) is 1.57. The Hall–Kier alpha value is -6.72. The third kappa shape index (κ3) is 4.71. The lowest BCUT2D eigenvalue weighted by Crippen LogP contribution is -2.36. The molecular formula is C45H30N4O. The zero-order valence-corrected chi connectivity index (χ0v) is 27.0. The molecule has 7 aromatic carbocycles. The van der Waals surface area contributed by atoms with Gasteiger partial charge in [-0.05, 0) is 41.5 Å². The summed E-state index contributed by atoms with van der Waals surface area (Å²) in [5, 5.41) is 8.11. The molecule has 0 saturated carbocycles. The standard InChI is InChI=1S/C45H30N4O/c1-4-12-29(13-5-1)30-20-22-32(23-21-30)44-46-43(31-14-6-2-7-15-31)47-45(48-44)33-24-25-36-38-27-37-35-18-10-11-19-39(35)49(34-16-8-3-9-17-34)40(37)28-42(38)50-41(36)26-33/h1-28,45H,(H,46,47,48). The number of amidine groups is 2. The Balaban J connectivity index is 1.09. The Bertz CT molecular complexity index is 2760. The molecule has 0 fully saturated rings. The zero-order chi connectivity index (χ0) is 33.0. The number of furan rings is 1. The summed E-state index contributed by atoms with van der Waals surface area (Å²) < 4.78 is 8.95. The summed E-state index contributed by atoms with van der Waals surface area (Å²) in [7, 11) is 0. The number of aliphatic imine (C=N–C) groups is 2. The SMILES string of the molecule is c1ccc(C2=NC(c3ccc4c(c3)oc3cc5c(cc34)c3ccccc3n5-c3ccccc3)N=C(c3ccc(-c4ccccc4)cc3)N2)cc1. The van der Waals surface area contributed by atoms with E-state index in [1.165, 1.54) is 21.9 Å². The smallest absolute Gasteiger partial charge is 0.169 e. The van der Waals surface area contributed by atoms with Gasteiger partial charge in [0.2, 0.25) is 0 Å². The Morgan fingerprint density at radius 3 is 1.76 bits per heavy atom. The molecule has 0 amide bonds.